The molecule has 0 unspecified atom stereocenters. The number of amides is 1. The van der Waals surface area contributed by atoms with Crippen LogP contribution < -0.4 is 4.90 Å². The summed E-state index contributed by atoms with van der Waals surface area (Å²) in [5, 5.41) is 5.61. The molecule has 9 nitrogen and oxygen atoms in total. The lowest BCUT2D eigenvalue weighted by Gasteiger charge is -2.24. The molecule has 0 aliphatic carbocycles. The molecule has 0 N–H and O–H groups in total. The van der Waals surface area contributed by atoms with Crippen LogP contribution in [0.1, 0.15) is 43.3 Å². The molecule has 1 saturated heterocycles. The summed E-state index contributed by atoms with van der Waals surface area (Å²) in [5.74, 6) is 0.720. The van der Waals surface area contributed by atoms with E-state index in [4.69, 9.17) is 19.8 Å². The molecule has 0 radical (unpaired) electrons. The van der Waals surface area contributed by atoms with Gasteiger partial charge in [-0.1, -0.05) is 30.3 Å². The maximum absolute atomic E-state index is 13.7. The van der Waals surface area contributed by atoms with Gasteiger partial charge in [-0.25, -0.2) is 19.0 Å². The number of ether oxygens (including phenoxy) is 1. The van der Waals surface area contributed by atoms with Crippen molar-refractivity contribution < 1.29 is 18.7 Å². The third-order valence-electron chi connectivity index (χ3n) is 7.00. The van der Waals surface area contributed by atoms with Gasteiger partial charge in [0.15, 0.2) is 5.65 Å². The minimum Gasteiger partial charge on any atom is -0.466 e. The minimum absolute atomic E-state index is 0.0483. The molecule has 10 heteroatoms. The molecule has 1 fully saturated rings. The Morgan fingerprint density at radius 1 is 0.950 bits per heavy atom. The number of hydrogen-bond acceptors (Lipinski definition) is 7. The molecule has 1 aliphatic heterocycles. The van der Waals surface area contributed by atoms with Crippen LogP contribution in [0.2, 0.25) is 0 Å². The van der Waals surface area contributed by atoms with Crippen LogP contribution in [-0.4, -0.2) is 69.3 Å². The zero-order valence-electron chi connectivity index (χ0n) is 22.8. The highest BCUT2D eigenvalue weighted by atomic mass is 19.1. The number of anilines is 1. The Balaban J connectivity index is 1.47. The Morgan fingerprint density at radius 3 is 2.48 bits per heavy atom. The third-order valence-corrected chi connectivity index (χ3v) is 7.00. The minimum atomic E-state index is -0.352. The maximum Gasteiger partial charge on any atom is 0.306 e. The molecule has 3 heterocycles. The van der Waals surface area contributed by atoms with E-state index in [1.807, 2.05) is 42.2 Å². The first kappa shape index (κ1) is 27.2. The molecule has 0 spiro atoms. The van der Waals surface area contributed by atoms with Gasteiger partial charge in [0.1, 0.15) is 17.5 Å². The van der Waals surface area contributed by atoms with Gasteiger partial charge in [0.25, 0.3) is 0 Å². The number of rotatable bonds is 8. The molecule has 0 saturated carbocycles. The summed E-state index contributed by atoms with van der Waals surface area (Å²) in [4.78, 5) is 38.5. The summed E-state index contributed by atoms with van der Waals surface area (Å²) < 4.78 is 20.4. The van der Waals surface area contributed by atoms with Crippen LogP contribution in [0.15, 0.2) is 54.6 Å². The van der Waals surface area contributed by atoms with E-state index in [-0.39, 0.29) is 30.5 Å². The van der Waals surface area contributed by atoms with Crippen LogP contribution in [-0.2, 0) is 20.7 Å². The SMILES string of the molecule is CCOC(=O)CCC(=O)N1CCCN(c2nc(Cc3ccccc3)nc3c2c(C)nn3-c2ccc(F)cc2)CC1. The number of hydrogen-bond donors (Lipinski definition) is 0. The number of nitrogens with zero attached hydrogens (tertiary/aromatic N) is 6. The standard InChI is InChI=1S/C30H33FN6O3/c1-3-40-27(39)15-14-26(38)35-16-7-17-36(19-18-35)29-28-21(2)34-37(24-12-10-23(31)11-13-24)30(28)33-25(32-29)20-22-8-5-4-6-9-22/h4-6,8-13H,3,7,14-20H2,1-2H3. The van der Waals surface area contributed by atoms with Gasteiger partial charge in [-0.05, 0) is 50.1 Å². The van der Waals surface area contributed by atoms with Crippen molar-refractivity contribution in [3.63, 3.8) is 0 Å². The van der Waals surface area contributed by atoms with Crippen molar-refractivity contribution in [3.05, 3.63) is 77.5 Å². The highest BCUT2D eigenvalue weighted by molar-refractivity contribution is 5.91. The normalized spacial score (nSPS) is 13.9. The van der Waals surface area contributed by atoms with Gasteiger partial charge in [0.05, 0.1) is 29.8 Å². The van der Waals surface area contributed by atoms with Crippen molar-refractivity contribution in [2.45, 2.75) is 39.5 Å². The Labute approximate surface area is 232 Å². The lowest BCUT2D eigenvalue weighted by molar-refractivity contribution is -0.145. The molecule has 1 aliphatic rings. The average molecular weight is 545 g/mol. The topological polar surface area (TPSA) is 93.5 Å². The Kier molecular flexibility index (Phi) is 8.33. The van der Waals surface area contributed by atoms with E-state index in [1.54, 1.807) is 23.7 Å². The first-order valence-corrected chi connectivity index (χ1v) is 13.7. The van der Waals surface area contributed by atoms with E-state index in [0.29, 0.717) is 56.4 Å². The largest absolute Gasteiger partial charge is 0.466 e. The van der Waals surface area contributed by atoms with E-state index >= 15 is 0 Å². The Hall–Kier alpha value is -4.34. The molecule has 40 heavy (non-hydrogen) atoms. The van der Waals surface area contributed by atoms with Crippen LogP contribution in [0.25, 0.3) is 16.7 Å². The van der Waals surface area contributed by atoms with E-state index in [1.165, 1.54) is 12.1 Å². The van der Waals surface area contributed by atoms with Gasteiger partial charge >= 0.3 is 5.97 Å². The monoisotopic (exact) mass is 544 g/mol. The summed E-state index contributed by atoms with van der Waals surface area (Å²) in [7, 11) is 0. The molecule has 5 rings (SSSR count). The fourth-order valence-electron chi connectivity index (χ4n) is 5.03. The van der Waals surface area contributed by atoms with Crippen molar-refractivity contribution in [2.24, 2.45) is 0 Å². The Morgan fingerprint density at radius 2 is 1.73 bits per heavy atom. The summed E-state index contributed by atoms with van der Waals surface area (Å²) in [5.41, 5.74) is 3.23. The zero-order chi connectivity index (χ0) is 28.1. The van der Waals surface area contributed by atoms with Gasteiger partial charge in [-0.3, -0.25) is 9.59 Å². The predicted octanol–water partition coefficient (Wildman–Crippen LogP) is 4.24. The Bertz CT molecular complexity index is 1490. The number of fused-ring (bicyclic) bond motifs is 1. The van der Waals surface area contributed by atoms with Gasteiger partial charge in [-0.2, -0.15) is 5.10 Å². The summed E-state index contributed by atoms with van der Waals surface area (Å²) in [6, 6.07) is 16.2. The van der Waals surface area contributed by atoms with Crippen LogP contribution in [0.3, 0.4) is 0 Å². The third kappa shape index (κ3) is 6.11. The van der Waals surface area contributed by atoms with Gasteiger partial charge in [0, 0.05) is 39.0 Å². The van der Waals surface area contributed by atoms with E-state index in [9.17, 15) is 14.0 Å². The lowest BCUT2D eigenvalue weighted by Crippen LogP contribution is -2.35. The smallest absolute Gasteiger partial charge is 0.306 e. The van der Waals surface area contributed by atoms with Crippen molar-refractivity contribution in [3.8, 4) is 5.69 Å². The molecule has 4 aromatic rings. The second-order valence-corrected chi connectivity index (χ2v) is 9.82. The summed E-state index contributed by atoms with van der Waals surface area (Å²) in [6.45, 7) is 6.41. The molecule has 0 bridgehead atoms. The first-order chi connectivity index (χ1) is 19.4. The quantitative estimate of drug-likeness (QED) is 0.307. The molecular formula is C30H33FN6O3. The maximum atomic E-state index is 13.7. The number of halogens is 1. The van der Waals surface area contributed by atoms with E-state index < -0.39 is 0 Å². The average Bonchev–Trinajstić information content (AvgIpc) is 3.11. The van der Waals surface area contributed by atoms with Gasteiger partial charge < -0.3 is 14.5 Å². The molecule has 1 amide bonds. The molecular weight excluding hydrogens is 511 g/mol. The van der Waals surface area contributed by atoms with Crippen molar-refractivity contribution >= 4 is 28.7 Å². The molecule has 208 valence electrons. The van der Waals surface area contributed by atoms with Crippen LogP contribution in [0, 0.1) is 12.7 Å². The van der Waals surface area contributed by atoms with Crippen LogP contribution in [0.4, 0.5) is 10.2 Å². The second kappa shape index (κ2) is 12.2. The predicted molar refractivity (Wildman–Crippen MR) is 150 cm³/mol. The van der Waals surface area contributed by atoms with Crippen molar-refractivity contribution in [1.82, 2.24) is 24.6 Å². The fourth-order valence-corrected chi connectivity index (χ4v) is 5.03. The van der Waals surface area contributed by atoms with Gasteiger partial charge in [-0.15, -0.1) is 0 Å². The molecule has 2 aromatic heterocycles. The number of esters is 1. The fraction of sp³-hybridized carbons (Fsp3) is 0.367. The number of carbonyl (C=O) groups excluding carboxylic acids is 2. The van der Waals surface area contributed by atoms with Crippen LogP contribution >= 0.6 is 0 Å². The summed E-state index contributed by atoms with van der Waals surface area (Å²) in [6.07, 6.45) is 1.53. The highest BCUT2D eigenvalue weighted by Gasteiger charge is 2.25. The highest BCUT2D eigenvalue weighted by Crippen LogP contribution is 2.30. The summed E-state index contributed by atoms with van der Waals surface area (Å²) >= 11 is 0. The first-order valence-electron chi connectivity index (χ1n) is 13.7. The second-order valence-electron chi connectivity index (χ2n) is 9.82. The van der Waals surface area contributed by atoms with Crippen LogP contribution in [0.5, 0.6) is 0 Å². The van der Waals surface area contributed by atoms with Gasteiger partial charge in [0.2, 0.25) is 5.91 Å². The number of benzene rings is 2. The number of aryl methyl sites for hydroxylation is 1. The molecule has 0 atom stereocenters. The van der Waals surface area contributed by atoms with Crippen molar-refractivity contribution in [1.29, 1.82) is 0 Å². The van der Waals surface area contributed by atoms with E-state index in [2.05, 4.69) is 4.90 Å². The van der Waals surface area contributed by atoms with E-state index in [0.717, 1.165) is 28.9 Å². The number of carbonyl (C=O) groups is 2. The lowest BCUT2D eigenvalue weighted by atomic mass is 10.1. The van der Waals surface area contributed by atoms with Crippen molar-refractivity contribution in [2.75, 3.05) is 37.7 Å². The zero-order valence-corrected chi connectivity index (χ0v) is 22.8. The molecule has 2 aromatic carbocycles. The number of aromatic nitrogens is 4.